The predicted molar refractivity (Wildman–Crippen MR) is 66.4 cm³/mol. The summed E-state index contributed by atoms with van der Waals surface area (Å²) < 4.78 is 2.16. The summed E-state index contributed by atoms with van der Waals surface area (Å²) in [6.07, 6.45) is 0.174. The maximum Gasteiger partial charge on any atom is 0.0703 e. The largest absolute Gasteiger partial charge is 0.391 e. The molecule has 0 fully saturated rings. The number of hydrogen-bond acceptors (Lipinski definition) is 2. The van der Waals surface area contributed by atoms with Crippen molar-refractivity contribution in [2.45, 2.75) is 19.4 Å². The van der Waals surface area contributed by atoms with Crippen molar-refractivity contribution in [3.05, 3.63) is 35.5 Å². The molecule has 1 aromatic carbocycles. The molecule has 0 radical (unpaired) electrons. The van der Waals surface area contributed by atoms with E-state index in [4.69, 9.17) is 5.73 Å². The number of benzene rings is 1. The van der Waals surface area contributed by atoms with Crippen molar-refractivity contribution in [1.82, 2.24) is 4.57 Å². The predicted octanol–water partition coefficient (Wildman–Crippen LogP) is 1.35. The molecule has 0 saturated carbocycles. The molecule has 1 aromatic heterocycles. The normalized spacial score (nSPS) is 13.2. The number of fused-ring (bicyclic) bond motifs is 1. The summed E-state index contributed by atoms with van der Waals surface area (Å²) in [4.78, 5) is 0. The third-order valence-corrected chi connectivity index (χ3v) is 3.24. The lowest BCUT2D eigenvalue weighted by Crippen LogP contribution is -2.22. The fourth-order valence-corrected chi connectivity index (χ4v) is 2.18. The van der Waals surface area contributed by atoms with Gasteiger partial charge in [0, 0.05) is 36.6 Å². The minimum atomic E-state index is -0.454. The van der Waals surface area contributed by atoms with Gasteiger partial charge in [-0.3, -0.25) is 0 Å². The van der Waals surface area contributed by atoms with Crippen molar-refractivity contribution < 1.29 is 5.11 Å². The zero-order chi connectivity index (χ0) is 11.7. The molecular weight excluding hydrogens is 200 g/mol. The lowest BCUT2D eigenvalue weighted by Gasteiger charge is -2.08. The van der Waals surface area contributed by atoms with Crippen LogP contribution in [0.15, 0.2) is 24.3 Å². The van der Waals surface area contributed by atoms with Crippen molar-refractivity contribution in [2.24, 2.45) is 12.8 Å². The number of nitrogens with two attached hydrogens (primary N) is 1. The van der Waals surface area contributed by atoms with Crippen LogP contribution < -0.4 is 5.73 Å². The van der Waals surface area contributed by atoms with Gasteiger partial charge in [-0.05, 0) is 18.6 Å². The minimum absolute atomic E-state index is 0.308. The minimum Gasteiger partial charge on any atom is -0.391 e. The molecule has 3 heteroatoms. The van der Waals surface area contributed by atoms with E-state index in [2.05, 4.69) is 30.7 Å². The van der Waals surface area contributed by atoms with E-state index in [1.54, 1.807) is 0 Å². The third kappa shape index (κ3) is 1.72. The second kappa shape index (κ2) is 4.28. The van der Waals surface area contributed by atoms with Gasteiger partial charge in [0.1, 0.15) is 0 Å². The highest BCUT2D eigenvalue weighted by molar-refractivity contribution is 5.85. The second-order valence-electron chi connectivity index (χ2n) is 4.23. The maximum atomic E-state index is 9.67. The summed E-state index contributed by atoms with van der Waals surface area (Å²) in [7, 11) is 2.05. The van der Waals surface area contributed by atoms with Crippen molar-refractivity contribution in [1.29, 1.82) is 0 Å². The standard InChI is InChI=1S/C13H18N2O/c1-9-12(7-10(16)8-14)11-5-3-4-6-13(11)15(9)2/h3-6,10,16H,7-8,14H2,1-2H3. The summed E-state index contributed by atoms with van der Waals surface area (Å²) in [5.74, 6) is 0. The summed E-state index contributed by atoms with van der Waals surface area (Å²) in [5.41, 5.74) is 9.08. The topological polar surface area (TPSA) is 51.2 Å². The number of aliphatic hydroxyl groups is 1. The summed E-state index contributed by atoms with van der Waals surface area (Å²) in [5, 5.41) is 10.9. The monoisotopic (exact) mass is 218 g/mol. The molecule has 0 saturated heterocycles. The van der Waals surface area contributed by atoms with Crippen LogP contribution in [0.1, 0.15) is 11.3 Å². The Morgan fingerprint density at radius 1 is 1.38 bits per heavy atom. The van der Waals surface area contributed by atoms with E-state index in [9.17, 15) is 5.11 Å². The number of aliphatic hydroxyl groups excluding tert-OH is 1. The first-order valence-corrected chi connectivity index (χ1v) is 5.56. The molecule has 2 aromatic rings. The van der Waals surface area contributed by atoms with Gasteiger partial charge in [-0.2, -0.15) is 0 Å². The van der Waals surface area contributed by atoms with Crippen molar-refractivity contribution >= 4 is 10.9 Å². The maximum absolute atomic E-state index is 9.67. The highest BCUT2D eigenvalue weighted by Crippen LogP contribution is 2.25. The van der Waals surface area contributed by atoms with E-state index in [0.717, 1.165) is 0 Å². The van der Waals surface area contributed by atoms with Gasteiger partial charge in [-0.15, -0.1) is 0 Å². The Morgan fingerprint density at radius 3 is 2.75 bits per heavy atom. The quantitative estimate of drug-likeness (QED) is 0.817. The molecule has 0 aliphatic carbocycles. The van der Waals surface area contributed by atoms with Crippen molar-refractivity contribution in [3.8, 4) is 0 Å². The Labute approximate surface area is 95.5 Å². The second-order valence-corrected chi connectivity index (χ2v) is 4.23. The molecule has 2 rings (SSSR count). The van der Waals surface area contributed by atoms with Gasteiger partial charge in [0.25, 0.3) is 0 Å². The first kappa shape index (κ1) is 11.2. The number of aromatic nitrogens is 1. The first-order valence-electron chi connectivity index (χ1n) is 5.56. The fraction of sp³-hybridized carbons (Fsp3) is 0.385. The van der Waals surface area contributed by atoms with Crippen molar-refractivity contribution in [3.63, 3.8) is 0 Å². The Balaban J connectivity index is 2.55. The van der Waals surface area contributed by atoms with E-state index in [1.807, 2.05) is 12.1 Å². The zero-order valence-electron chi connectivity index (χ0n) is 9.77. The van der Waals surface area contributed by atoms with Crippen LogP contribution in [-0.2, 0) is 13.5 Å². The molecule has 1 heterocycles. The molecule has 1 atom stereocenters. The van der Waals surface area contributed by atoms with Crippen LogP contribution >= 0.6 is 0 Å². The molecule has 3 nitrogen and oxygen atoms in total. The van der Waals surface area contributed by atoms with Crippen LogP contribution in [0.25, 0.3) is 10.9 Å². The molecular formula is C13H18N2O. The van der Waals surface area contributed by atoms with Gasteiger partial charge in [0.15, 0.2) is 0 Å². The van der Waals surface area contributed by atoms with Crippen LogP contribution in [0.5, 0.6) is 0 Å². The first-order chi connectivity index (χ1) is 7.65. The zero-order valence-corrected chi connectivity index (χ0v) is 9.77. The fourth-order valence-electron chi connectivity index (χ4n) is 2.18. The summed E-state index contributed by atoms with van der Waals surface area (Å²) >= 11 is 0. The molecule has 0 bridgehead atoms. The smallest absolute Gasteiger partial charge is 0.0703 e. The van der Waals surface area contributed by atoms with Crippen molar-refractivity contribution in [2.75, 3.05) is 6.54 Å². The van der Waals surface area contributed by atoms with Gasteiger partial charge in [0.2, 0.25) is 0 Å². The summed E-state index contributed by atoms with van der Waals surface area (Å²) in [6, 6.07) is 8.26. The van der Waals surface area contributed by atoms with Crippen LogP contribution in [0.4, 0.5) is 0 Å². The molecule has 0 aliphatic rings. The average Bonchev–Trinajstić information content (AvgIpc) is 2.55. The number of hydrogen-bond donors (Lipinski definition) is 2. The molecule has 1 unspecified atom stereocenters. The summed E-state index contributed by atoms with van der Waals surface area (Å²) in [6.45, 7) is 2.39. The molecule has 0 spiro atoms. The van der Waals surface area contributed by atoms with Gasteiger partial charge < -0.3 is 15.4 Å². The number of nitrogens with zero attached hydrogens (tertiary/aromatic N) is 1. The SMILES string of the molecule is Cc1c(CC(O)CN)c2ccccc2n1C. The lowest BCUT2D eigenvalue weighted by atomic mass is 10.0. The van der Waals surface area contributed by atoms with Crippen LogP contribution in [0.3, 0.4) is 0 Å². The highest BCUT2D eigenvalue weighted by Gasteiger charge is 2.13. The third-order valence-electron chi connectivity index (χ3n) is 3.24. The van der Waals surface area contributed by atoms with Crippen LogP contribution in [0.2, 0.25) is 0 Å². The number of aryl methyl sites for hydroxylation is 1. The molecule has 86 valence electrons. The van der Waals surface area contributed by atoms with Gasteiger partial charge in [0.05, 0.1) is 6.10 Å². The highest BCUT2D eigenvalue weighted by atomic mass is 16.3. The lowest BCUT2D eigenvalue weighted by molar-refractivity contribution is 0.183. The molecule has 0 aliphatic heterocycles. The van der Waals surface area contributed by atoms with E-state index in [1.165, 1.54) is 22.2 Å². The molecule has 16 heavy (non-hydrogen) atoms. The Hall–Kier alpha value is -1.32. The average molecular weight is 218 g/mol. The van der Waals surface area contributed by atoms with E-state index in [0.29, 0.717) is 13.0 Å². The van der Waals surface area contributed by atoms with E-state index >= 15 is 0 Å². The Kier molecular flexibility index (Phi) is 2.99. The number of para-hydroxylation sites is 1. The van der Waals surface area contributed by atoms with Crippen LogP contribution in [-0.4, -0.2) is 22.3 Å². The van der Waals surface area contributed by atoms with E-state index < -0.39 is 6.10 Å². The van der Waals surface area contributed by atoms with Crippen LogP contribution in [0, 0.1) is 6.92 Å². The Morgan fingerprint density at radius 2 is 2.06 bits per heavy atom. The number of rotatable bonds is 3. The van der Waals surface area contributed by atoms with Gasteiger partial charge in [-0.25, -0.2) is 0 Å². The molecule has 3 N–H and O–H groups in total. The molecule has 0 amide bonds. The Bertz CT molecular complexity index is 502. The van der Waals surface area contributed by atoms with Gasteiger partial charge >= 0.3 is 0 Å². The van der Waals surface area contributed by atoms with Gasteiger partial charge in [-0.1, -0.05) is 18.2 Å². The van der Waals surface area contributed by atoms with E-state index in [-0.39, 0.29) is 0 Å².